The summed E-state index contributed by atoms with van der Waals surface area (Å²) in [6, 6.07) is 11.9. The Morgan fingerprint density at radius 1 is 1.18 bits per heavy atom. The summed E-state index contributed by atoms with van der Waals surface area (Å²) in [5.41, 5.74) is 1.73. The van der Waals surface area contributed by atoms with E-state index in [1.54, 1.807) is 0 Å². The number of thioether (sulfide) groups is 1. The van der Waals surface area contributed by atoms with Gasteiger partial charge in [-0.15, -0.1) is 5.10 Å². The third-order valence-electron chi connectivity index (χ3n) is 3.05. The highest BCUT2D eigenvalue weighted by Crippen LogP contribution is 2.26. The first kappa shape index (κ1) is 14.8. The minimum Gasteiger partial charge on any atom is -0.360 e. The lowest BCUT2D eigenvalue weighted by molar-refractivity contribution is 0.321. The standard InChI is InChI=1S/C15H17N5OS/c1-15(2,3)20-14(16-18-19-20)22-10-12-9-13(17-21-12)11-7-5-4-6-8-11/h4-9H,10H2,1-3H3. The molecule has 3 rings (SSSR count). The molecule has 0 saturated carbocycles. The molecule has 2 aromatic heterocycles. The van der Waals surface area contributed by atoms with E-state index in [-0.39, 0.29) is 5.54 Å². The van der Waals surface area contributed by atoms with E-state index in [9.17, 15) is 0 Å². The Labute approximate surface area is 132 Å². The first-order valence-corrected chi connectivity index (χ1v) is 7.95. The smallest absolute Gasteiger partial charge is 0.210 e. The van der Waals surface area contributed by atoms with Crippen LogP contribution in [0.5, 0.6) is 0 Å². The monoisotopic (exact) mass is 315 g/mol. The van der Waals surface area contributed by atoms with Crippen molar-refractivity contribution in [2.24, 2.45) is 0 Å². The van der Waals surface area contributed by atoms with E-state index >= 15 is 0 Å². The third kappa shape index (κ3) is 3.19. The summed E-state index contributed by atoms with van der Waals surface area (Å²) in [6.07, 6.45) is 0. The maximum atomic E-state index is 5.39. The number of rotatable bonds is 4. The fourth-order valence-electron chi connectivity index (χ4n) is 1.95. The molecule has 0 aliphatic carbocycles. The number of hydrogen-bond donors (Lipinski definition) is 0. The van der Waals surface area contributed by atoms with Gasteiger partial charge in [0, 0.05) is 11.6 Å². The zero-order valence-corrected chi connectivity index (χ0v) is 13.5. The molecular weight excluding hydrogens is 298 g/mol. The maximum Gasteiger partial charge on any atom is 0.210 e. The van der Waals surface area contributed by atoms with Gasteiger partial charge in [0.05, 0.1) is 11.3 Å². The largest absolute Gasteiger partial charge is 0.360 e. The van der Waals surface area contributed by atoms with E-state index in [1.807, 2.05) is 41.1 Å². The van der Waals surface area contributed by atoms with E-state index in [4.69, 9.17) is 4.52 Å². The Morgan fingerprint density at radius 3 is 2.68 bits per heavy atom. The number of nitrogens with zero attached hydrogens (tertiary/aromatic N) is 5. The molecular formula is C15H17N5OS. The van der Waals surface area contributed by atoms with Crippen molar-refractivity contribution in [2.45, 2.75) is 37.2 Å². The van der Waals surface area contributed by atoms with Crippen LogP contribution in [0.25, 0.3) is 11.3 Å². The van der Waals surface area contributed by atoms with Crippen molar-refractivity contribution < 1.29 is 4.52 Å². The van der Waals surface area contributed by atoms with Crippen molar-refractivity contribution in [2.75, 3.05) is 0 Å². The molecule has 0 fully saturated rings. The van der Waals surface area contributed by atoms with E-state index in [2.05, 4.69) is 41.5 Å². The van der Waals surface area contributed by atoms with Gasteiger partial charge in [-0.1, -0.05) is 47.3 Å². The van der Waals surface area contributed by atoms with Crippen molar-refractivity contribution in [1.29, 1.82) is 0 Å². The van der Waals surface area contributed by atoms with Crippen LogP contribution < -0.4 is 0 Å². The molecule has 0 amide bonds. The molecule has 22 heavy (non-hydrogen) atoms. The third-order valence-corrected chi connectivity index (χ3v) is 3.99. The minimum absolute atomic E-state index is 0.150. The quantitative estimate of drug-likeness (QED) is 0.687. The summed E-state index contributed by atoms with van der Waals surface area (Å²) in [7, 11) is 0. The van der Waals surface area contributed by atoms with Crippen LogP contribution in [0.4, 0.5) is 0 Å². The van der Waals surface area contributed by atoms with Crippen molar-refractivity contribution in [3.05, 3.63) is 42.2 Å². The predicted octanol–water partition coefficient (Wildman–Crippen LogP) is 3.38. The lowest BCUT2D eigenvalue weighted by atomic mass is 10.1. The number of hydrogen-bond acceptors (Lipinski definition) is 6. The second-order valence-electron chi connectivity index (χ2n) is 5.88. The van der Waals surface area contributed by atoms with Crippen LogP contribution >= 0.6 is 11.8 Å². The van der Waals surface area contributed by atoms with Gasteiger partial charge < -0.3 is 4.52 Å². The zero-order chi connectivity index (χ0) is 15.6. The molecule has 0 saturated heterocycles. The highest BCUT2D eigenvalue weighted by atomic mass is 32.2. The average Bonchev–Trinajstić information content (AvgIpc) is 3.15. The van der Waals surface area contributed by atoms with Gasteiger partial charge >= 0.3 is 0 Å². The van der Waals surface area contributed by atoms with Crippen LogP contribution in [0.3, 0.4) is 0 Å². The molecule has 0 bridgehead atoms. The van der Waals surface area contributed by atoms with Gasteiger partial charge in [0.2, 0.25) is 5.16 Å². The summed E-state index contributed by atoms with van der Waals surface area (Å²) < 4.78 is 7.21. The van der Waals surface area contributed by atoms with Gasteiger partial charge in [-0.25, -0.2) is 4.68 Å². The molecule has 0 aliphatic heterocycles. The fraction of sp³-hybridized carbons (Fsp3) is 0.333. The Hall–Kier alpha value is -2.15. The molecule has 0 aliphatic rings. The first-order valence-electron chi connectivity index (χ1n) is 6.97. The molecule has 1 aromatic carbocycles. The van der Waals surface area contributed by atoms with Crippen LogP contribution in [0, 0.1) is 0 Å². The molecule has 0 atom stereocenters. The second-order valence-corrected chi connectivity index (χ2v) is 6.82. The van der Waals surface area contributed by atoms with Crippen LogP contribution in [0.2, 0.25) is 0 Å². The second kappa shape index (κ2) is 5.92. The van der Waals surface area contributed by atoms with Crippen molar-refractivity contribution in [1.82, 2.24) is 25.4 Å². The van der Waals surface area contributed by atoms with Gasteiger partial charge in [0.25, 0.3) is 0 Å². The predicted molar refractivity (Wildman–Crippen MR) is 84.3 cm³/mol. The lowest BCUT2D eigenvalue weighted by Gasteiger charge is -2.19. The summed E-state index contributed by atoms with van der Waals surface area (Å²) in [5, 5.41) is 16.7. The van der Waals surface area contributed by atoms with Gasteiger partial charge in [-0.2, -0.15) is 0 Å². The molecule has 114 valence electrons. The van der Waals surface area contributed by atoms with Gasteiger partial charge in [0.15, 0.2) is 0 Å². The Morgan fingerprint density at radius 2 is 1.95 bits per heavy atom. The topological polar surface area (TPSA) is 69.6 Å². The average molecular weight is 315 g/mol. The number of benzene rings is 1. The molecule has 7 heteroatoms. The number of aromatic nitrogens is 5. The van der Waals surface area contributed by atoms with Gasteiger partial charge in [0.1, 0.15) is 11.5 Å². The van der Waals surface area contributed by atoms with Crippen molar-refractivity contribution >= 4 is 11.8 Å². The number of tetrazole rings is 1. The van der Waals surface area contributed by atoms with Crippen molar-refractivity contribution in [3.63, 3.8) is 0 Å². The fourth-order valence-corrected chi connectivity index (χ4v) is 2.89. The van der Waals surface area contributed by atoms with Crippen LogP contribution in [-0.4, -0.2) is 25.4 Å². The van der Waals surface area contributed by atoms with E-state index in [1.165, 1.54) is 11.8 Å². The van der Waals surface area contributed by atoms with Gasteiger partial charge in [-0.3, -0.25) is 0 Å². The molecule has 0 spiro atoms. The summed E-state index contributed by atoms with van der Waals surface area (Å²) in [4.78, 5) is 0. The molecule has 0 unspecified atom stereocenters. The normalized spacial score (nSPS) is 11.8. The van der Waals surface area contributed by atoms with Crippen molar-refractivity contribution in [3.8, 4) is 11.3 Å². The summed E-state index contributed by atoms with van der Waals surface area (Å²) >= 11 is 1.54. The minimum atomic E-state index is -0.150. The van der Waals surface area contributed by atoms with E-state index in [0.29, 0.717) is 5.75 Å². The molecule has 0 N–H and O–H groups in total. The highest BCUT2D eigenvalue weighted by molar-refractivity contribution is 7.98. The lowest BCUT2D eigenvalue weighted by Crippen LogP contribution is -2.24. The maximum absolute atomic E-state index is 5.39. The van der Waals surface area contributed by atoms with Gasteiger partial charge in [-0.05, 0) is 31.2 Å². The highest BCUT2D eigenvalue weighted by Gasteiger charge is 2.20. The molecule has 3 aromatic rings. The van der Waals surface area contributed by atoms with E-state index < -0.39 is 0 Å². The van der Waals surface area contributed by atoms with Crippen LogP contribution in [0.15, 0.2) is 46.1 Å². The SMILES string of the molecule is CC(C)(C)n1nnnc1SCc1cc(-c2ccccc2)no1. The van der Waals surface area contributed by atoms with E-state index in [0.717, 1.165) is 22.2 Å². The zero-order valence-electron chi connectivity index (χ0n) is 12.7. The Balaban J connectivity index is 1.71. The Kier molecular flexibility index (Phi) is 3.98. The van der Waals surface area contributed by atoms with Crippen LogP contribution in [-0.2, 0) is 11.3 Å². The summed E-state index contributed by atoms with van der Waals surface area (Å²) in [6.45, 7) is 6.19. The van der Waals surface area contributed by atoms with Crippen LogP contribution in [0.1, 0.15) is 26.5 Å². The molecule has 6 nitrogen and oxygen atoms in total. The Bertz CT molecular complexity index is 745. The first-order chi connectivity index (χ1) is 10.5. The molecule has 0 radical (unpaired) electrons. The summed E-state index contributed by atoms with van der Waals surface area (Å²) in [5.74, 6) is 1.43. The molecule has 2 heterocycles.